The van der Waals surface area contributed by atoms with Crippen LogP contribution in [-0.4, -0.2) is 41.1 Å². The molecule has 0 radical (unpaired) electrons. The lowest BCUT2D eigenvalue weighted by Crippen LogP contribution is -2.41. The van der Waals surface area contributed by atoms with Crippen LogP contribution in [0.15, 0.2) is 42.5 Å². The molecule has 2 N–H and O–H groups in total. The van der Waals surface area contributed by atoms with Crippen molar-refractivity contribution in [3.63, 3.8) is 0 Å². The number of carbonyl (C=O) groups excluding carboxylic acids is 1. The predicted octanol–water partition coefficient (Wildman–Crippen LogP) is 2.23. The summed E-state index contributed by atoms with van der Waals surface area (Å²) in [6.45, 7) is 3.23. The van der Waals surface area contributed by atoms with Crippen molar-refractivity contribution in [3.05, 3.63) is 42.5 Å². The Morgan fingerprint density at radius 1 is 1.29 bits per heavy atom. The van der Waals surface area contributed by atoms with E-state index >= 15 is 0 Å². The van der Waals surface area contributed by atoms with Crippen LogP contribution in [0.5, 0.6) is 0 Å². The maximum Gasteiger partial charge on any atom is 0.241 e. The van der Waals surface area contributed by atoms with Crippen LogP contribution in [0.1, 0.15) is 13.3 Å². The highest BCUT2D eigenvalue weighted by atomic mass is 16.3. The number of likely N-dealkylation sites (tertiary alicyclic amines) is 1. The van der Waals surface area contributed by atoms with Crippen molar-refractivity contribution in [2.24, 2.45) is 0 Å². The topological polar surface area (TPSA) is 52.6 Å². The molecule has 2 aromatic carbocycles. The Balaban J connectivity index is 1.77. The zero-order chi connectivity index (χ0) is 14.8. The molecular weight excluding hydrogens is 264 g/mol. The van der Waals surface area contributed by atoms with Gasteiger partial charge in [0.05, 0.1) is 12.1 Å². The molecule has 3 rings (SSSR count). The van der Waals surface area contributed by atoms with Gasteiger partial charge in [-0.2, -0.15) is 0 Å². The van der Waals surface area contributed by atoms with Crippen LogP contribution in [0.4, 0.5) is 5.69 Å². The molecule has 1 aliphatic rings. The lowest BCUT2D eigenvalue weighted by molar-refractivity contribution is -0.120. The van der Waals surface area contributed by atoms with Crippen molar-refractivity contribution in [2.75, 3.05) is 18.4 Å². The fourth-order valence-electron chi connectivity index (χ4n) is 2.86. The summed E-state index contributed by atoms with van der Waals surface area (Å²) in [6.07, 6.45) is 0.434. The Labute approximate surface area is 124 Å². The Morgan fingerprint density at radius 3 is 2.81 bits per heavy atom. The van der Waals surface area contributed by atoms with Crippen LogP contribution in [-0.2, 0) is 4.79 Å². The highest BCUT2D eigenvalue weighted by Gasteiger charge is 2.28. The van der Waals surface area contributed by atoms with Gasteiger partial charge in [0.25, 0.3) is 0 Å². The minimum atomic E-state index is -0.308. The molecule has 4 heteroatoms. The number of aliphatic hydroxyl groups excluding tert-OH is 1. The zero-order valence-electron chi connectivity index (χ0n) is 12.1. The van der Waals surface area contributed by atoms with Crippen LogP contribution >= 0.6 is 0 Å². The molecule has 1 aliphatic heterocycles. The fraction of sp³-hybridized carbons (Fsp3) is 0.353. The molecule has 1 fully saturated rings. The van der Waals surface area contributed by atoms with Crippen LogP contribution in [0.2, 0.25) is 0 Å². The van der Waals surface area contributed by atoms with Gasteiger partial charge in [-0.05, 0) is 24.8 Å². The second kappa shape index (κ2) is 5.84. The van der Waals surface area contributed by atoms with Gasteiger partial charge in [-0.15, -0.1) is 0 Å². The lowest BCUT2D eigenvalue weighted by Gasteiger charge is -2.23. The lowest BCUT2D eigenvalue weighted by atomic mass is 10.1. The van der Waals surface area contributed by atoms with E-state index in [1.54, 1.807) is 0 Å². The number of nitrogens with zero attached hydrogens (tertiary/aromatic N) is 1. The van der Waals surface area contributed by atoms with Gasteiger partial charge in [0, 0.05) is 24.2 Å². The van der Waals surface area contributed by atoms with Crippen molar-refractivity contribution in [1.29, 1.82) is 0 Å². The first-order valence-corrected chi connectivity index (χ1v) is 7.36. The first-order chi connectivity index (χ1) is 10.1. The van der Waals surface area contributed by atoms with E-state index in [9.17, 15) is 9.90 Å². The maximum atomic E-state index is 12.4. The number of hydrogen-bond acceptors (Lipinski definition) is 3. The van der Waals surface area contributed by atoms with Crippen LogP contribution in [0, 0.1) is 0 Å². The van der Waals surface area contributed by atoms with E-state index in [2.05, 4.69) is 5.32 Å². The standard InChI is InChI=1S/C17H20N2O2/c1-12(19-10-9-14(20)11-19)17(21)18-16-8-4-6-13-5-2-3-7-15(13)16/h2-8,12,14,20H,9-11H2,1H3,(H,18,21)/t12?,14-/m0/s1. The first-order valence-electron chi connectivity index (χ1n) is 7.36. The average molecular weight is 284 g/mol. The molecule has 0 aromatic heterocycles. The summed E-state index contributed by atoms with van der Waals surface area (Å²) in [6, 6.07) is 13.7. The third kappa shape index (κ3) is 2.91. The highest BCUT2D eigenvalue weighted by Crippen LogP contribution is 2.23. The van der Waals surface area contributed by atoms with Gasteiger partial charge < -0.3 is 10.4 Å². The number of hydrogen-bond donors (Lipinski definition) is 2. The molecule has 1 heterocycles. The summed E-state index contributed by atoms with van der Waals surface area (Å²) >= 11 is 0. The summed E-state index contributed by atoms with van der Waals surface area (Å²) in [4.78, 5) is 14.4. The largest absolute Gasteiger partial charge is 0.392 e. The number of amides is 1. The summed E-state index contributed by atoms with van der Waals surface area (Å²) < 4.78 is 0. The van der Waals surface area contributed by atoms with Gasteiger partial charge in [0.1, 0.15) is 0 Å². The number of benzene rings is 2. The summed E-state index contributed by atoms with van der Waals surface area (Å²) in [5.74, 6) is -0.0274. The van der Waals surface area contributed by atoms with Crippen molar-refractivity contribution in [3.8, 4) is 0 Å². The van der Waals surface area contributed by atoms with Crippen molar-refractivity contribution < 1.29 is 9.90 Å². The van der Waals surface area contributed by atoms with E-state index in [0.717, 1.165) is 29.4 Å². The van der Waals surface area contributed by atoms with E-state index in [1.165, 1.54) is 0 Å². The Kier molecular flexibility index (Phi) is 3.90. The molecular formula is C17H20N2O2. The SMILES string of the molecule is CC(C(=O)Nc1cccc2ccccc12)N1CC[C@H](O)C1. The van der Waals surface area contributed by atoms with Crippen LogP contribution in [0.3, 0.4) is 0 Å². The molecule has 0 aliphatic carbocycles. The average Bonchev–Trinajstić information content (AvgIpc) is 2.93. The van der Waals surface area contributed by atoms with Crippen molar-refractivity contribution in [2.45, 2.75) is 25.5 Å². The van der Waals surface area contributed by atoms with E-state index in [1.807, 2.05) is 54.3 Å². The number of anilines is 1. The Morgan fingerprint density at radius 2 is 2.05 bits per heavy atom. The monoisotopic (exact) mass is 284 g/mol. The first kappa shape index (κ1) is 14.0. The Bertz CT molecular complexity index is 651. The summed E-state index contributed by atoms with van der Waals surface area (Å²) in [5, 5.41) is 14.8. The number of aliphatic hydroxyl groups is 1. The maximum absolute atomic E-state index is 12.4. The van der Waals surface area contributed by atoms with Gasteiger partial charge in [0.15, 0.2) is 0 Å². The van der Waals surface area contributed by atoms with Crippen LogP contribution in [0.25, 0.3) is 10.8 Å². The van der Waals surface area contributed by atoms with Gasteiger partial charge in [-0.3, -0.25) is 9.69 Å². The fourth-order valence-corrected chi connectivity index (χ4v) is 2.86. The second-order valence-corrected chi connectivity index (χ2v) is 5.63. The molecule has 2 atom stereocenters. The van der Waals surface area contributed by atoms with Gasteiger partial charge in [-0.1, -0.05) is 36.4 Å². The highest BCUT2D eigenvalue weighted by molar-refractivity contribution is 6.03. The number of fused-ring (bicyclic) bond motifs is 1. The smallest absolute Gasteiger partial charge is 0.241 e. The number of nitrogens with one attached hydrogen (secondary N) is 1. The minimum Gasteiger partial charge on any atom is -0.392 e. The molecule has 1 amide bonds. The van der Waals surface area contributed by atoms with E-state index in [-0.39, 0.29) is 18.1 Å². The molecule has 1 saturated heterocycles. The van der Waals surface area contributed by atoms with Crippen molar-refractivity contribution in [1.82, 2.24) is 4.90 Å². The molecule has 21 heavy (non-hydrogen) atoms. The number of carbonyl (C=O) groups is 1. The molecule has 4 nitrogen and oxygen atoms in total. The number of β-amino-alcohol motifs (C(OH)–C–C–N with tert-alkyl or cyclic N) is 1. The molecule has 0 saturated carbocycles. The zero-order valence-corrected chi connectivity index (χ0v) is 12.1. The molecule has 2 aromatic rings. The molecule has 0 bridgehead atoms. The normalized spacial score (nSPS) is 20.6. The predicted molar refractivity (Wildman–Crippen MR) is 84.2 cm³/mol. The molecule has 110 valence electrons. The summed E-state index contributed by atoms with van der Waals surface area (Å²) in [7, 11) is 0. The number of rotatable bonds is 3. The van der Waals surface area contributed by atoms with E-state index in [4.69, 9.17) is 0 Å². The van der Waals surface area contributed by atoms with Gasteiger partial charge in [0.2, 0.25) is 5.91 Å². The van der Waals surface area contributed by atoms with E-state index in [0.29, 0.717) is 6.54 Å². The van der Waals surface area contributed by atoms with E-state index < -0.39 is 0 Å². The summed E-state index contributed by atoms with van der Waals surface area (Å²) in [5.41, 5.74) is 0.838. The van der Waals surface area contributed by atoms with Crippen LogP contribution < -0.4 is 5.32 Å². The third-order valence-electron chi connectivity index (χ3n) is 4.17. The van der Waals surface area contributed by atoms with Gasteiger partial charge >= 0.3 is 0 Å². The second-order valence-electron chi connectivity index (χ2n) is 5.63. The molecule has 1 unspecified atom stereocenters. The van der Waals surface area contributed by atoms with Gasteiger partial charge in [-0.25, -0.2) is 0 Å². The minimum absolute atomic E-state index is 0.0274. The third-order valence-corrected chi connectivity index (χ3v) is 4.17. The quantitative estimate of drug-likeness (QED) is 0.909. The Hall–Kier alpha value is -1.91. The molecule has 0 spiro atoms. The van der Waals surface area contributed by atoms with Crippen molar-refractivity contribution >= 4 is 22.4 Å².